The zero-order valence-corrected chi connectivity index (χ0v) is 14.3. The molecule has 134 valence electrons. The predicted octanol–water partition coefficient (Wildman–Crippen LogP) is 2.01. The van der Waals surface area contributed by atoms with Gasteiger partial charge in [0.1, 0.15) is 17.6 Å². The van der Waals surface area contributed by atoms with Gasteiger partial charge >= 0.3 is 0 Å². The van der Waals surface area contributed by atoms with E-state index in [9.17, 15) is 4.79 Å². The van der Waals surface area contributed by atoms with Gasteiger partial charge in [-0.05, 0) is 38.3 Å². The molecular weight excluding hydrogens is 322 g/mol. The van der Waals surface area contributed by atoms with Gasteiger partial charge in [0.2, 0.25) is 5.91 Å². The van der Waals surface area contributed by atoms with Crippen LogP contribution in [0, 0.1) is 6.92 Å². The van der Waals surface area contributed by atoms with Crippen molar-refractivity contribution in [1.82, 2.24) is 15.4 Å². The monoisotopic (exact) mass is 345 g/mol. The Hall–Kier alpha value is -2.12. The molecular formula is C18H23N3O4. The summed E-state index contributed by atoms with van der Waals surface area (Å²) in [5.74, 6) is 1.52. The molecule has 0 aliphatic carbocycles. The minimum absolute atomic E-state index is 0.0552. The van der Waals surface area contributed by atoms with Crippen molar-refractivity contribution in [2.24, 2.45) is 0 Å². The number of fused-ring (bicyclic) bond motifs is 1. The first-order valence-electron chi connectivity index (χ1n) is 8.81. The lowest BCUT2D eigenvalue weighted by molar-refractivity contribution is -0.144. The van der Waals surface area contributed by atoms with Gasteiger partial charge in [0.15, 0.2) is 0 Å². The summed E-state index contributed by atoms with van der Waals surface area (Å²) >= 11 is 0. The Morgan fingerprint density at radius 1 is 1.40 bits per heavy atom. The highest BCUT2D eigenvalue weighted by Gasteiger charge is 2.41. The molecule has 2 fully saturated rings. The maximum Gasteiger partial charge on any atom is 0.249 e. The average Bonchev–Trinajstić information content (AvgIpc) is 3.35. The fraction of sp³-hybridized carbons (Fsp3) is 0.556. The second-order valence-electron chi connectivity index (χ2n) is 6.79. The largest absolute Gasteiger partial charge is 0.467 e. The van der Waals surface area contributed by atoms with Crippen molar-refractivity contribution in [3.8, 4) is 0 Å². The fourth-order valence-electron chi connectivity index (χ4n) is 3.81. The topological polar surface area (TPSA) is 80.7 Å². The van der Waals surface area contributed by atoms with Gasteiger partial charge in [-0.3, -0.25) is 9.69 Å². The minimum atomic E-state index is -0.370. The van der Waals surface area contributed by atoms with Crippen LogP contribution in [0.2, 0.25) is 0 Å². The van der Waals surface area contributed by atoms with E-state index in [4.69, 9.17) is 13.7 Å². The average molecular weight is 345 g/mol. The number of hydrogen-bond acceptors (Lipinski definition) is 6. The summed E-state index contributed by atoms with van der Waals surface area (Å²) in [4.78, 5) is 14.7. The summed E-state index contributed by atoms with van der Waals surface area (Å²) in [6.07, 6.45) is 3.99. The summed E-state index contributed by atoms with van der Waals surface area (Å²) in [7, 11) is 0. The van der Waals surface area contributed by atoms with Crippen LogP contribution in [0.4, 0.5) is 0 Å². The second kappa shape index (κ2) is 7.01. The van der Waals surface area contributed by atoms with E-state index in [0.29, 0.717) is 12.6 Å². The number of likely N-dealkylation sites (tertiary alicyclic amines) is 1. The molecule has 2 aliphatic heterocycles. The van der Waals surface area contributed by atoms with E-state index in [1.807, 2.05) is 25.1 Å². The number of hydrogen-bond donors (Lipinski definition) is 1. The van der Waals surface area contributed by atoms with E-state index in [1.165, 1.54) is 0 Å². The molecule has 25 heavy (non-hydrogen) atoms. The summed E-state index contributed by atoms with van der Waals surface area (Å²) in [5, 5.41) is 6.97. The molecule has 0 radical (unpaired) electrons. The van der Waals surface area contributed by atoms with E-state index in [0.717, 1.165) is 49.6 Å². The number of aryl methyl sites for hydroxylation is 1. The number of nitrogens with one attached hydrogen (secondary N) is 1. The first-order chi connectivity index (χ1) is 12.2. The number of ether oxygens (including phenoxy) is 1. The zero-order valence-electron chi connectivity index (χ0n) is 14.3. The van der Waals surface area contributed by atoms with Crippen LogP contribution in [0.1, 0.15) is 36.5 Å². The van der Waals surface area contributed by atoms with Crippen LogP contribution in [0.25, 0.3) is 0 Å². The third-order valence-electron chi connectivity index (χ3n) is 5.01. The van der Waals surface area contributed by atoms with Gasteiger partial charge in [-0.2, -0.15) is 0 Å². The van der Waals surface area contributed by atoms with Crippen LogP contribution < -0.4 is 5.32 Å². The molecule has 4 heterocycles. The van der Waals surface area contributed by atoms with E-state index in [1.54, 1.807) is 6.26 Å². The molecule has 2 saturated heterocycles. The molecule has 0 bridgehead atoms. The Morgan fingerprint density at radius 2 is 2.32 bits per heavy atom. The highest BCUT2D eigenvalue weighted by molar-refractivity contribution is 5.80. The second-order valence-corrected chi connectivity index (χ2v) is 6.79. The lowest BCUT2D eigenvalue weighted by Gasteiger charge is -2.35. The number of aromatic nitrogens is 1. The van der Waals surface area contributed by atoms with Crippen LogP contribution >= 0.6 is 0 Å². The lowest BCUT2D eigenvalue weighted by Crippen LogP contribution is -2.47. The van der Waals surface area contributed by atoms with E-state index >= 15 is 0 Å². The SMILES string of the molecule is Cc1cc(CN2CC[C@@H]3O[C@@H](C(=O)NCc4ccco4)CC[C@@H]32)no1. The smallest absolute Gasteiger partial charge is 0.249 e. The van der Waals surface area contributed by atoms with Gasteiger partial charge in [0.25, 0.3) is 0 Å². The maximum absolute atomic E-state index is 12.3. The van der Waals surface area contributed by atoms with E-state index in [-0.39, 0.29) is 18.1 Å². The molecule has 3 atom stereocenters. The number of furan rings is 1. The van der Waals surface area contributed by atoms with Crippen LogP contribution in [-0.4, -0.2) is 40.8 Å². The Balaban J connectivity index is 1.29. The fourth-order valence-corrected chi connectivity index (χ4v) is 3.81. The van der Waals surface area contributed by atoms with Crippen LogP contribution in [0.3, 0.4) is 0 Å². The number of rotatable bonds is 5. The van der Waals surface area contributed by atoms with Gasteiger partial charge in [0.05, 0.1) is 24.6 Å². The Morgan fingerprint density at radius 3 is 3.08 bits per heavy atom. The number of carbonyl (C=O) groups is 1. The summed E-state index contributed by atoms with van der Waals surface area (Å²) in [6, 6.07) is 5.98. The third-order valence-corrected chi connectivity index (χ3v) is 5.01. The van der Waals surface area contributed by atoms with Gasteiger partial charge < -0.3 is 19.0 Å². The molecule has 0 spiro atoms. The summed E-state index contributed by atoms with van der Waals surface area (Å²) < 4.78 is 16.5. The Bertz CT molecular complexity index is 712. The number of carbonyl (C=O) groups excluding carboxylic acids is 1. The third kappa shape index (κ3) is 3.62. The first-order valence-corrected chi connectivity index (χ1v) is 8.81. The van der Waals surface area contributed by atoms with Crippen molar-refractivity contribution >= 4 is 5.91 Å². The van der Waals surface area contributed by atoms with Crippen molar-refractivity contribution in [3.63, 3.8) is 0 Å². The van der Waals surface area contributed by atoms with Crippen molar-refractivity contribution in [3.05, 3.63) is 41.7 Å². The van der Waals surface area contributed by atoms with Crippen LogP contribution in [-0.2, 0) is 22.6 Å². The first kappa shape index (κ1) is 16.4. The molecule has 2 aromatic rings. The Kier molecular flexibility index (Phi) is 4.59. The van der Waals surface area contributed by atoms with Crippen LogP contribution in [0.5, 0.6) is 0 Å². The van der Waals surface area contributed by atoms with Crippen LogP contribution in [0.15, 0.2) is 33.4 Å². The molecule has 0 unspecified atom stereocenters. The normalized spacial score (nSPS) is 26.5. The summed E-state index contributed by atoms with van der Waals surface area (Å²) in [6.45, 7) is 4.04. The number of amides is 1. The van der Waals surface area contributed by atoms with Crippen molar-refractivity contribution in [2.45, 2.75) is 57.5 Å². The number of nitrogens with zero attached hydrogens (tertiary/aromatic N) is 2. The van der Waals surface area contributed by atoms with Crippen molar-refractivity contribution < 1.29 is 18.5 Å². The molecule has 1 amide bonds. The quantitative estimate of drug-likeness (QED) is 0.893. The van der Waals surface area contributed by atoms with Gasteiger partial charge in [-0.1, -0.05) is 5.16 Å². The highest BCUT2D eigenvalue weighted by Crippen LogP contribution is 2.32. The highest BCUT2D eigenvalue weighted by atomic mass is 16.5. The molecule has 2 aliphatic rings. The van der Waals surface area contributed by atoms with E-state index < -0.39 is 0 Å². The molecule has 1 N–H and O–H groups in total. The van der Waals surface area contributed by atoms with Gasteiger partial charge in [-0.25, -0.2) is 0 Å². The molecule has 2 aromatic heterocycles. The van der Waals surface area contributed by atoms with E-state index in [2.05, 4.69) is 15.4 Å². The molecule has 0 saturated carbocycles. The predicted molar refractivity (Wildman–Crippen MR) is 88.5 cm³/mol. The Labute approximate surface area is 146 Å². The van der Waals surface area contributed by atoms with Crippen molar-refractivity contribution in [1.29, 1.82) is 0 Å². The zero-order chi connectivity index (χ0) is 17.2. The summed E-state index contributed by atoms with van der Waals surface area (Å²) in [5.41, 5.74) is 0.955. The molecule has 7 nitrogen and oxygen atoms in total. The lowest BCUT2D eigenvalue weighted by atomic mass is 9.98. The van der Waals surface area contributed by atoms with Crippen molar-refractivity contribution in [2.75, 3.05) is 6.54 Å². The van der Waals surface area contributed by atoms with Gasteiger partial charge in [-0.15, -0.1) is 0 Å². The minimum Gasteiger partial charge on any atom is -0.467 e. The maximum atomic E-state index is 12.3. The molecule has 7 heteroatoms. The molecule has 4 rings (SSSR count). The molecule has 0 aromatic carbocycles. The standard InChI is InChI=1S/C18H23N3O4/c1-12-9-13(20-25-12)11-21-7-6-16-15(21)4-5-17(24-16)18(22)19-10-14-3-2-8-23-14/h2-3,8-9,15-17H,4-7,10-11H2,1H3,(H,19,22)/t15-,16-,17+/m0/s1. The van der Waals surface area contributed by atoms with Gasteiger partial charge in [0, 0.05) is 25.2 Å².